The Labute approximate surface area is 105 Å². The third-order valence-electron chi connectivity index (χ3n) is 2.39. The average molecular weight is 246 g/mol. The number of unbranched alkanes of at least 4 members (excludes halogenated alkanes) is 2. The minimum absolute atomic E-state index is 0.232. The van der Waals surface area contributed by atoms with Crippen LogP contribution in [-0.4, -0.2) is 22.2 Å². The summed E-state index contributed by atoms with van der Waals surface area (Å²) in [7, 11) is 0. The molecule has 0 amide bonds. The lowest BCUT2D eigenvalue weighted by Gasteiger charge is -2.03. The van der Waals surface area contributed by atoms with Gasteiger partial charge in [0.1, 0.15) is 0 Å². The highest BCUT2D eigenvalue weighted by atomic mass is 16.4. The van der Waals surface area contributed by atoms with Gasteiger partial charge in [-0.05, 0) is 18.6 Å². The number of carbonyl (C=O) groups is 2. The first-order chi connectivity index (χ1) is 8.57. The van der Waals surface area contributed by atoms with Crippen LogP contribution in [-0.2, 0) is 0 Å². The highest BCUT2D eigenvalue weighted by Crippen LogP contribution is 2.14. The van der Waals surface area contributed by atoms with E-state index >= 15 is 0 Å². The highest BCUT2D eigenvalue weighted by Gasteiger charge is 2.18. The molecular weight excluding hydrogens is 232 g/mol. The molecule has 18 heavy (non-hydrogen) atoms. The molecule has 0 saturated heterocycles. The number of aromatic carboxylic acids is 2. The summed E-state index contributed by atoms with van der Waals surface area (Å²) in [5.41, 5.74) is -0.225. The lowest BCUT2D eigenvalue weighted by Crippen LogP contribution is -2.10. The molecule has 0 aliphatic rings. The first-order valence-electron chi connectivity index (χ1n) is 5.66. The van der Waals surface area contributed by atoms with Gasteiger partial charge in [0.25, 0.3) is 0 Å². The Hall–Kier alpha value is -2.28. The topological polar surface area (TPSA) is 74.6 Å². The van der Waals surface area contributed by atoms with Gasteiger partial charge in [-0.3, -0.25) is 0 Å². The fourth-order valence-corrected chi connectivity index (χ4v) is 1.49. The second-order valence-electron chi connectivity index (χ2n) is 3.74. The maximum atomic E-state index is 11.1. The maximum Gasteiger partial charge on any atom is 0.337 e. The van der Waals surface area contributed by atoms with Crippen LogP contribution in [0.4, 0.5) is 0 Å². The van der Waals surface area contributed by atoms with Crippen LogP contribution in [0, 0.1) is 11.8 Å². The molecule has 2 N–H and O–H groups in total. The van der Waals surface area contributed by atoms with Crippen LogP contribution in [0.3, 0.4) is 0 Å². The van der Waals surface area contributed by atoms with Gasteiger partial charge in [0, 0.05) is 12.0 Å². The zero-order valence-electron chi connectivity index (χ0n) is 10.1. The lowest BCUT2D eigenvalue weighted by molar-refractivity contribution is 0.0651. The summed E-state index contributed by atoms with van der Waals surface area (Å²) in [5, 5.41) is 18.0. The molecule has 0 saturated carbocycles. The molecule has 0 atom stereocenters. The van der Waals surface area contributed by atoms with E-state index in [0.29, 0.717) is 6.42 Å². The zero-order chi connectivity index (χ0) is 13.5. The first-order valence-corrected chi connectivity index (χ1v) is 5.66. The lowest BCUT2D eigenvalue weighted by atomic mass is 10.0. The molecule has 4 heteroatoms. The highest BCUT2D eigenvalue weighted by molar-refractivity contribution is 6.03. The summed E-state index contributed by atoms with van der Waals surface area (Å²) in [6.45, 7) is 2.04. The quantitative estimate of drug-likeness (QED) is 0.632. The van der Waals surface area contributed by atoms with E-state index in [4.69, 9.17) is 10.2 Å². The summed E-state index contributed by atoms with van der Waals surface area (Å²) >= 11 is 0. The van der Waals surface area contributed by atoms with Gasteiger partial charge in [-0.1, -0.05) is 31.3 Å². The number of benzene rings is 1. The van der Waals surface area contributed by atoms with Crippen molar-refractivity contribution in [1.29, 1.82) is 0 Å². The standard InChI is InChI=1S/C14H14O4/c1-2-3-4-5-7-10-8-6-9-11(13(15)16)12(10)14(17)18/h6,8-9H,2-4H2,1H3,(H,15,16)(H,17,18). The number of hydrogen-bond acceptors (Lipinski definition) is 2. The summed E-state index contributed by atoms with van der Waals surface area (Å²) in [6.07, 6.45) is 2.62. The van der Waals surface area contributed by atoms with Gasteiger partial charge in [0.05, 0.1) is 11.1 Å². The van der Waals surface area contributed by atoms with Crippen molar-refractivity contribution in [3.05, 3.63) is 34.9 Å². The fourth-order valence-electron chi connectivity index (χ4n) is 1.49. The van der Waals surface area contributed by atoms with Crippen LogP contribution in [0.5, 0.6) is 0 Å². The van der Waals surface area contributed by atoms with E-state index in [1.165, 1.54) is 18.2 Å². The van der Waals surface area contributed by atoms with Crippen molar-refractivity contribution in [3.63, 3.8) is 0 Å². The van der Waals surface area contributed by atoms with E-state index in [2.05, 4.69) is 11.8 Å². The predicted molar refractivity (Wildman–Crippen MR) is 66.8 cm³/mol. The third-order valence-corrected chi connectivity index (χ3v) is 2.39. The van der Waals surface area contributed by atoms with Crippen molar-refractivity contribution in [3.8, 4) is 11.8 Å². The second kappa shape index (κ2) is 6.45. The molecule has 1 rings (SSSR count). The summed E-state index contributed by atoms with van der Waals surface area (Å²) in [4.78, 5) is 22.0. The molecule has 0 aliphatic carbocycles. The Morgan fingerprint density at radius 2 is 1.94 bits per heavy atom. The zero-order valence-corrected chi connectivity index (χ0v) is 10.1. The summed E-state index contributed by atoms with van der Waals surface area (Å²) in [5.74, 6) is 3.06. The first kappa shape index (κ1) is 13.8. The molecule has 0 bridgehead atoms. The minimum Gasteiger partial charge on any atom is -0.478 e. The predicted octanol–water partition coefficient (Wildman–Crippen LogP) is 2.62. The van der Waals surface area contributed by atoms with Crippen molar-refractivity contribution in [2.24, 2.45) is 0 Å². The molecule has 1 aromatic rings. The molecule has 94 valence electrons. The van der Waals surface area contributed by atoms with Crippen LogP contribution < -0.4 is 0 Å². The molecule has 0 heterocycles. The molecule has 4 nitrogen and oxygen atoms in total. The molecule has 0 aliphatic heterocycles. The van der Waals surface area contributed by atoms with Crippen molar-refractivity contribution in [2.75, 3.05) is 0 Å². The van der Waals surface area contributed by atoms with E-state index in [0.717, 1.165) is 12.8 Å². The van der Waals surface area contributed by atoms with Gasteiger partial charge in [0.2, 0.25) is 0 Å². The molecule has 0 unspecified atom stereocenters. The van der Waals surface area contributed by atoms with Crippen LogP contribution in [0.25, 0.3) is 0 Å². The van der Waals surface area contributed by atoms with Crippen molar-refractivity contribution in [1.82, 2.24) is 0 Å². The molecule has 0 spiro atoms. The van der Waals surface area contributed by atoms with Crippen LogP contribution in [0.2, 0.25) is 0 Å². The van der Waals surface area contributed by atoms with Gasteiger partial charge in [-0.15, -0.1) is 0 Å². The number of carboxylic acids is 2. The Kier molecular flexibility index (Phi) is 4.94. The van der Waals surface area contributed by atoms with Gasteiger partial charge in [0.15, 0.2) is 0 Å². The van der Waals surface area contributed by atoms with Gasteiger partial charge < -0.3 is 10.2 Å². The van der Waals surface area contributed by atoms with Gasteiger partial charge >= 0.3 is 11.9 Å². The second-order valence-corrected chi connectivity index (χ2v) is 3.74. The third kappa shape index (κ3) is 3.36. The molecule has 0 fully saturated rings. The van der Waals surface area contributed by atoms with E-state index in [1.54, 1.807) is 0 Å². The Balaban J connectivity index is 3.18. The molecule has 0 aromatic heterocycles. The average Bonchev–Trinajstić information content (AvgIpc) is 2.33. The number of hydrogen-bond donors (Lipinski definition) is 2. The molecular formula is C14H14O4. The smallest absolute Gasteiger partial charge is 0.337 e. The Morgan fingerprint density at radius 3 is 2.50 bits per heavy atom. The summed E-state index contributed by atoms with van der Waals surface area (Å²) < 4.78 is 0. The SMILES string of the molecule is CCCCC#Cc1cccc(C(=O)O)c1C(=O)O. The van der Waals surface area contributed by atoms with Crippen molar-refractivity contribution in [2.45, 2.75) is 26.2 Å². The fraction of sp³-hybridized carbons (Fsp3) is 0.286. The largest absolute Gasteiger partial charge is 0.478 e. The van der Waals surface area contributed by atoms with Crippen LogP contribution in [0.1, 0.15) is 52.5 Å². The number of carboxylic acid groups (broad SMARTS) is 2. The van der Waals surface area contributed by atoms with Gasteiger partial charge in [-0.2, -0.15) is 0 Å². The maximum absolute atomic E-state index is 11.1. The molecule has 0 radical (unpaired) electrons. The van der Waals surface area contributed by atoms with E-state index in [9.17, 15) is 9.59 Å². The van der Waals surface area contributed by atoms with Gasteiger partial charge in [-0.25, -0.2) is 9.59 Å². The Morgan fingerprint density at radius 1 is 1.22 bits per heavy atom. The van der Waals surface area contributed by atoms with Crippen molar-refractivity contribution < 1.29 is 19.8 Å². The molecule has 1 aromatic carbocycles. The monoisotopic (exact) mass is 246 g/mol. The summed E-state index contributed by atoms with van der Waals surface area (Å²) in [6, 6.07) is 4.29. The van der Waals surface area contributed by atoms with E-state index in [1.807, 2.05) is 6.92 Å². The van der Waals surface area contributed by atoms with E-state index in [-0.39, 0.29) is 16.7 Å². The van der Waals surface area contributed by atoms with Crippen molar-refractivity contribution >= 4 is 11.9 Å². The normalized spacial score (nSPS) is 9.39. The minimum atomic E-state index is -1.27. The van der Waals surface area contributed by atoms with E-state index < -0.39 is 11.9 Å². The Bertz CT molecular complexity index is 520. The van der Waals surface area contributed by atoms with Crippen LogP contribution >= 0.6 is 0 Å². The van der Waals surface area contributed by atoms with Crippen LogP contribution in [0.15, 0.2) is 18.2 Å². The number of rotatable bonds is 4.